The van der Waals surface area contributed by atoms with Crippen LogP contribution in [0.5, 0.6) is 5.75 Å². The molecule has 0 N–H and O–H groups in total. The van der Waals surface area contributed by atoms with Gasteiger partial charge < -0.3 is 19.1 Å². The molecule has 7 nitrogen and oxygen atoms in total. The highest BCUT2D eigenvalue weighted by Gasteiger charge is 2.38. The standard InChI is InChI=1S/C23H30ClN3O4/c1-22(2,3)31-21(28)27-10-8-23(29-4,9-11-27)16-30-19-14-25-20(26-15-19)18-7-5-6-17(12-18)13-24/h5-7,12,14-15H,8-11,13,16H2,1-4H3. The van der Waals surface area contributed by atoms with Gasteiger partial charge in [0.05, 0.1) is 12.4 Å². The lowest BCUT2D eigenvalue weighted by molar-refractivity contribution is -0.0836. The number of halogens is 1. The number of carbonyl (C=O) groups excluding carboxylic acids is 1. The van der Waals surface area contributed by atoms with Crippen molar-refractivity contribution in [3.8, 4) is 17.1 Å². The van der Waals surface area contributed by atoms with Gasteiger partial charge in [0.2, 0.25) is 0 Å². The van der Waals surface area contributed by atoms with Crippen LogP contribution in [0, 0.1) is 0 Å². The zero-order valence-corrected chi connectivity index (χ0v) is 19.3. The van der Waals surface area contributed by atoms with E-state index in [0.29, 0.717) is 50.0 Å². The van der Waals surface area contributed by atoms with Gasteiger partial charge >= 0.3 is 6.09 Å². The smallest absolute Gasteiger partial charge is 0.410 e. The second-order valence-corrected chi connectivity index (χ2v) is 8.99. The summed E-state index contributed by atoms with van der Waals surface area (Å²) in [5.74, 6) is 1.63. The molecule has 0 unspecified atom stereocenters. The minimum absolute atomic E-state index is 0.291. The molecule has 1 aliphatic rings. The number of rotatable bonds is 6. The molecule has 2 heterocycles. The first-order valence-electron chi connectivity index (χ1n) is 10.4. The zero-order valence-electron chi connectivity index (χ0n) is 18.6. The third kappa shape index (κ3) is 6.31. The number of nitrogens with zero attached hydrogens (tertiary/aromatic N) is 3. The Morgan fingerprint density at radius 3 is 2.45 bits per heavy atom. The molecule has 0 aliphatic carbocycles. The van der Waals surface area contributed by atoms with Gasteiger partial charge in [-0.05, 0) is 45.2 Å². The summed E-state index contributed by atoms with van der Waals surface area (Å²) in [5.41, 5.74) is 0.953. The first kappa shape index (κ1) is 23.3. The Labute approximate surface area is 188 Å². The SMILES string of the molecule is COC1(COc2cnc(-c3cccc(CCl)c3)nc2)CCN(C(=O)OC(C)(C)C)CC1. The maximum absolute atomic E-state index is 12.3. The lowest BCUT2D eigenvalue weighted by atomic mass is 9.92. The minimum atomic E-state index is -0.507. The van der Waals surface area contributed by atoms with Gasteiger partial charge in [-0.2, -0.15) is 0 Å². The van der Waals surface area contributed by atoms with E-state index in [1.165, 1.54) is 0 Å². The van der Waals surface area contributed by atoms with Gasteiger partial charge in [0.25, 0.3) is 0 Å². The van der Waals surface area contributed by atoms with E-state index in [2.05, 4.69) is 9.97 Å². The molecule has 1 amide bonds. The molecule has 2 aromatic rings. The molecular weight excluding hydrogens is 418 g/mol. The number of carbonyl (C=O) groups is 1. The van der Waals surface area contributed by atoms with Crippen LogP contribution >= 0.6 is 11.6 Å². The Balaban J connectivity index is 1.56. The molecule has 168 valence electrons. The van der Waals surface area contributed by atoms with Crippen molar-refractivity contribution >= 4 is 17.7 Å². The number of likely N-dealkylation sites (tertiary alicyclic amines) is 1. The number of ether oxygens (including phenoxy) is 3. The van der Waals surface area contributed by atoms with E-state index >= 15 is 0 Å². The summed E-state index contributed by atoms with van der Waals surface area (Å²) < 4.78 is 17.2. The van der Waals surface area contributed by atoms with Crippen molar-refractivity contribution in [1.82, 2.24) is 14.9 Å². The molecule has 1 fully saturated rings. The molecule has 8 heteroatoms. The van der Waals surface area contributed by atoms with Crippen LogP contribution in [-0.4, -0.2) is 59.0 Å². The van der Waals surface area contributed by atoms with Crippen LogP contribution < -0.4 is 4.74 Å². The molecule has 1 aromatic heterocycles. The number of piperidine rings is 1. The van der Waals surface area contributed by atoms with Gasteiger partial charge in [-0.15, -0.1) is 11.6 Å². The molecular formula is C23H30ClN3O4. The van der Waals surface area contributed by atoms with Gasteiger partial charge in [-0.3, -0.25) is 0 Å². The summed E-state index contributed by atoms with van der Waals surface area (Å²) in [6, 6.07) is 7.82. The first-order chi connectivity index (χ1) is 14.7. The zero-order chi connectivity index (χ0) is 22.5. The lowest BCUT2D eigenvalue weighted by Gasteiger charge is -2.40. The Hall–Kier alpha value is -2.38. The third-order valence-corrected chi connectivity index (χ3v) is 5.54. The van der Waals surface area contributed by atoms with Gasteiger partial charge in [-0.25, -0.2) is 14.8 Å². The van der Waals surface area contributed by atoms with Crippen LogP contribution in [0.3, 0.4) is 0 Å². The highest BCUT2D eigenvalue weighted by molar-refractivity contribution is 6.17. The minimum Gasteiger partial charge on any atom is -0.487 e. The molecule has 0 atom stereocenters. The summed E-state index contributed by atoms with van der Waals surface area (Å²) in [6.45, 7) is 7.06. The quantitative estimate of drug-likeness (QED) is 0.598. The molecule has 0 bridgehead atoms. The summed E-state index contributed by atoms with van der Waals surface area (Å²) in [7, 11) is 1.68. The maximum Gasteiger partial charge on any atom is 0.410 e. The van der Waals surface area contributed by atoms with E-state index in [1.807, 2.05) is 45.0 Å². The molecule has 0 spiro atoms. The predicted molar refractivity (Wildman–Crippen MR) is 119 cm³/mol. The first-order valence-corrected chi connectivity index (χ1v) is 10.9. The van der Waals surface area contributed by atoms with Crippen LogP contribution in [0.4, 0.5) is 4.79 Å². The lowest BCUT2D eigenvalue weighted by Crippen LogP contribution is -2.51. The number of aromatic nitrogens is 2. The van der Waals surface area contributed by atoms with Crippen molar-refractivity contribution < 1.29 is 19.0 Å². The normalized spacial score (nSPS) is 16.1. The molecule has 1 aromatic carbocycles. The number of amides is 1. The predicted octanol–water partition coefficient (Wildman–Crippen LogP) is 4.68. The Morgan fingerprint density at radius 1 is 1.19 bits per heavy atom. The van der Waals surface area contributed by atoms with Crippen LogP contribution in [0.1, 0.15) is 39.2 Å². The molecule has 1 saturated heterocycles. The highest BCUT2D eigenvalue weighted by atomic mass is 35.5. The Bertz CT molecular complexity index is 875. The molecule has 0 radical (unpaired) electrons. The topological polar surface area (TPSA) is 73.8 Å². The molecule has 3 rings (SSSR count). The van der Waals surface area contributed by atoms with Crippen LogP contribution in [-0.2, 0) is 15.4 Å². The van der Waals surface area contributed by atoms with Crippen molar-refractivity contribution in [2.75, 3.05) is 26.8 Å². The number of benzene rings is 1. The van der Waals surface area contributed by atoms with E-state index < -0.39 is 11.2 Å². The molecule has 1 aliphatic heterocycles. The van der Waals surface area contributed by atoms with E-state index in [1.54, 1.807) is 24.4 Å². The second kappa shape index (κ2) is 9.83. The largest absolute Gasteiger partial charge is 0.487 e. The average molecular weight is 448 g/mol. The van der Waals surface area contributed by atoms with Crippen LogP contribution in [0.15, 0.2) is 36.7 Å². The van der Waals surface area contributed by atoms with Crippen molar-refractivity contribution in [3.63, 3.8) is 0 Å². The third-order valence-electron chi connectivity index (χ3n) is 5.23. The van der Waals surface area contributed by atoms with Crippen molar-refractivity contribution in [1.29, 1.82) is 0 Å². The number of alkyl halides is 1. The fourth-order valence-corrected chi connectivity index (χ4v) is 3.55. The van der Waals surface area contributed by atoms with E-state index in [9.17, 15) is 4.79 Å². The fraction of sp³-hybridized carbons (Fsp3) is 0.522. The summed E-state index contributed by atoms with van der Waals surface area (Å²) >= 11 is 5.91. The van der Waals surface area contributed by atoms with E-state index in [-0.39, 0.29) is 6.09 Å². The average Bonchev–Trinajstić information content (AvgIpc) is 2.77. The van der Waals surface area contributed by atoms with E-state index in [0.717, 1.165) is 11.1 Å². The van der Waals surface area contributed by atoms with Gasteiger partial charge in [0.15, 0.2) is 11.6 Å². The number of hydrogen-bond acceptors (Lipinski definition) is 6. The summed E-state index contributed by atoms with van der Waals surface area (Å²) in [6.07, 6.45) is 4.35. The number of hydrogen-bond donors (Lipinski definition) is 0. The monoisotopic (exact) mass is 447 g/mol. The van der Waals surface area contributed by atoms with Gasteiger partial charge in [0.1, 0.15) is 17.8 Å². The Morgan fingerprint density at radius 2 is 1.87 bits per heavy atom. The molecule has 0 saturated carbocycles. The van der Waals surface area contributed by atoms with Crippen LogP contribution in [0.2, 0.25) is 0 Å². The fourth-order valence-electron chi connectivity index (χ4n) is 3.38. The highest BCUT2D eigenvalue weighted by Crippen LogP contribution is 2.28. The van der Waals surface area contributed by atoms with Crippen LogP contribution in [0.25, 0.3) is 11.4 Å². The van der Waals surface area contributed by atoms with Crippen molar-refractivity contribution in [2.24, 2.45) is 0 Å². The summed E-state index contributed by atoms with van der Waals surface area (Å²) in [5, 5.41) is 0. The maximum atomic E-state index is 12.3. The van der Waals surface area contributed by atoms with Crippen molar-refractivity contribution in [3.05, 3.63) is 42.2 Å². The van der Waals surface area contributed by atoms with Gasteiger partial charge in [-0.1, -0.05) is 18.2 Å². The summed E-state index contributed by atoms with van der Waals surface area (Å²) in [4.78, 5) is 22.8. The second-order valence-electron chi connectivity index (χ2n) is 8.72. The van der Waals surface area contributed by atoms with Gasteiger partial charge in [0, 0.05) is 31.6 Å². The molecule has 31 heavy (non-hydrogen) atoms. The number of methoxy groups -OCH3 is 1. The van der Waals surface area contributed by atoms with Crippen molar-refractivity contribution in [2.45, 2.75) is 50.7 Å². The Kier molecular flexibility index (Phi) is 7.38. The van der Waals surface area contributed by atoms with E-state index in [4.69, 9.17) is 25.8 Å².